The molecule has 1 aromatic rings. The molecule has 0 spiro atoms. The van der Waals surface area contributed by atoms with Crippen LogP contribution in [0.15, 0.2) is 30.3 Å². The van der Waals surface area contributed by atoms with Crippen molar-refractivity contribution >= 4 is 22.4 Å². The number of ether oxygens (including phenoxy) is 1. The fraction of sp³-hybridized carbons (Fsp3) is 0.600. The summed E-state index contributed by atoms with van der Waals surface area (Å²) in [5.74, 6) is 0.00256. The van der Waals surface area contributed by atoms with Crippen molar-refractivity contribution in [2.75, 3.05) is 25.4 Å². The van der Waals surface area contributed by atoms with E-state index in [2.05, 4.69) is 0 Å². The third-order valence-corrected chi connectivity index (χ3v) is 4.78. The van der Waals surface area contributed by atoms with Crippen molar-refractivity contribution in [2.45, 2.75) is 32.9 Å². The predicted molar refractivity (Wildman–Crippen MR) is 92.6 cm³/mol. The number of hydrogen-bond donors (Lipinski definition) is 1. The SMILES string of the molecule is CC(C)OCCS(=O)(=O)N(CCCN)Cc1ccccc1.Cl. The van der Waals surface area contributed by atoms with Gasteiger partial charge in [-0.05, 0) is 32.4 Å². The second kappa shape index (κ2) is 11.0. The number of sulfonamides is 1. The summed E-state index contributed by atoms with van der Waals surface area (Å²) in [6, 6.07) is 9.58. The highest BCUT2D eigenvalue weighted by Crippen LogP contribution is 2.11. The molecule has 0 radical (unpaired) electrons. The minimum absolute atomic E-state index is 0. The van der Waals surface area contributed by atoms with Crippen molar-refractivity contribution < 1.29 is 13.2 Å². The average molecular weight is 351 g/mol. The number of halogens is 1. The van der Waals surface area contributed by atoms with Crippen LogP contribution in [0.25, 0.3) is 0 Å². The van der Waals surface area contributed by atoms with Gasteiger partial charge in [-0.2, -0.15) is 4.31 Å². The number of rotatable bonds is 10. The summed E-state index contributed by atoms with van der Waals surface area (Å²) in [7, 11) is -3.34. The first-order valence-electron chi connectivity index (χ1n) is 7.29. The molecule has 0 aliphatic rings. The summed E-state index contributed by atoms with van der Waals surface area (Å²) in [5, 5.41) is 0. The predicted octanol–water partition coefficient (Wildman–Crippen LogP) is 2.01. The van der Waals surface area contributed by atoms with Gasteiger partial charge >= 0.3 is 0 Å². The Hall–Kier alpha value is -0.660. The Labute approximate surface area is 140 Å². The Bertz CT molecular complexity index is 495. The summed E-state index contributed by atoms with van der Waals surface area (Å²) < 4.78 is 31.7. The molecule has 0 saturated heterocycles. The first kappa shape index (κ1) is 21.3. The molecule has 0 fully saturated rings. The molecule has 22 heavy (non-hydrogen) atoms. The minimum atomic E-state index is -3.34. The molecular weight excluding hydrogens is 324 g/mol. The van der Waals surface area contributed by atoms with E-state index in [4.69, 9.17) is 10.5 Å². The maximum absolute atomic E-state index is 12.4. The van der Waals surface area contributed by atoms with Crippen LogP contribution >= 0.6 is 12.4 Å². The third kappa shape index (κ3) is 8.10. The molecule has 0 bridgehead atoms. The highest BCUT2D eigenvalue weighted by atomic mass is 35.5. The molecule has 0 amide bonds. The van der Waals surface area contributed by atoms with Crippen LogP contribution in [0.5, 0.6) is 0 Å². The molecule has 128 valence electrons. The lowest BCUT2D eigenvalue weighted by Gasteiger charge is -2.22. The molecule has 0 heterocycles. The van der Waals surface area contributed by atoms with Crippen molar-refractivity contribution in [3.8, 4) is 0 Å². The Morgan fingerprint density at radius 2 is 1.86 bits per heavy atom. The Morgan fingerprint density at radius 1 is 1.23 bits per heavy atom. The van der Waals surface area contributed by atoms with Crippen molar-refractivity contribution in [3.05, 3.63) is 35.9 Å². The van der Waals surface area contributed by atoms with E-state index in [0.717, 1.165) is 5.56 Å². The van der Waals surface area contributed by atoms with Gasteiger partial charge in [0.15, 0.2) is 0 Å². The molecule has 0 aliphatic heterocycles. The van der Waals surface area contributed by atoms with Crippen LogP contribution in [0.4, 0.5) is 0 Å². The van der Waals surface area contributed by atoms with E-state index < -0.39 is 10.0 Å². The lowest BCUT2D eigenvalue weighted by Crippen LogP contribution is -2.35. The van der Waals surface area contributed by atoms with E-state index in [1.807, 2.05) is 44.2 Å². The van der Waals surface area contributed by atoms with Gasteiger partial charge in [0.05, 0.1) is 18.5 Å². The fourth-order valence-electron chi connectivity index (χ4n) is 1.89. The molecule has 0 atom stereocenters. The maximum atomic E-state index is 12.4. The summed E-state index contributed by atoms with van der Waals surface area (Å²) >= 11 is 0. The van der Waals surface area contributed by atoms with Crippen molar-refractivity contribution in [1.82, 2.24) is 4.31 Å². The second-order valence-electron chi connectivity index (χ2n) is 5.20. The van der Waals surface area contributed by atoms with Gasteiger partial charge in [0.1, 0.15) is 0 Å². The zero-order valence-corrected chi connectivity index (χ0v) is 14.9. The van der Waals surface area contributed by atoms with Crippen LogP contribution in [-0.4, -0.2) is 44.3 Å². The molecule has 1 rings (SSSR count). The van der Waals surface area contributed by atoms with Crippen molar-refractivity contribution in [1.29, 1.82) is 0 Å². The molecule has 0 aliphatic carbocycles. The maximum Gasteiger partial charge on any atom is 0.216 e. The van der Waals surface area contributed by atoms with Gasteiger partial charge in [-0.25, -0.2) is 8.42 Å². The van der Waals surface area contributed by atoms with E-state index in [0.29, 0.717) is 26.1 Å². The van der Waals surface area contributed by atoms with Crippen LogP contribution in [0, 0.1) is 0 Å². The third-order valence-electron chi connectivity index (χ3n) is 3.00. The first-order valence-corrected chi connectivity index (χ1v) is 8.90. The molecule has 0 aromatic heterocycles. The lowest BCUT2D eigenvalue weighted by molar-refractivity contribution is 0.0906. The van der Waals surface area contributed by atoms with Crippen molar-refractivity contribution in [2.24, 2.45) is 5.73 Å². The smallest absolute Gasteiger partial charge is 0.216 e. The average Bonchev–Trinajstić information content (AvgIpc) is 2.43. The van der Waals surface area contributed by atoms with Crippen LogP contribution in [0.3, 0.4) is 0 Å². The van der Waals surface area contributed by atoms with E-state index in [-0.39, 0.29) is 30.9 Å². The zero-order chi connectivity index (χ0) is 15.7. The Balaban J connectivity index is 0.00000441. The Morgan fingerprint density at radius 3 is 2.41 bits per heavy atom. The normalized spacial score (nSPS) is 11.7. The number of nitrogens with zero attached hydrogens (tertiary/aromatic N) is 1. The number of hydrogen-bond acceptors (Lipinski definition) is 4. The highest BCUT2D eigenvalue weighted by molar-refractivity contribution is 7.89. The van der Waals surface area contributed by atoms with Crippen LogP contribution in [0.2, 0.25) is 0 Å². The van der Waals surface area contributed by atoms with Gasteiger partial charge < -0.3 is 10.5 Å². The minimum Gasteiger partial charge on any atom is -0.378 e. The molecular formula is C15H27ClN2O3S. The van der Waals surface area contributed by atoms with Gasteiger partial charge in [0.25, 0.3) is 0 Å². The fourth-order valence-corrected chi connectivity index (χ4v) is 3.21. The first-order chi connectivity index (χ1) is 9.95. The van der Waals surface area contributed by atoms with E-state index in [1.54, 1.807) is 0 Å². The highest BCUT2D eigenvalue weighted by Gasteiger charge is 2.21. The molecule has 0 saturated carbocycles. The Kier molecular flexibility index (Phi) is 10.6. The molecule has 0 unspecified atom stereocenters. The van der Waals surface area contributed by atoms with Gasteiger partial charge in [-0.1, -0.05) is 30.3 Å². The van der Waals surface area contributed by atoms with Gasteiger partial charge in [-0.3, -0.25) is 0 Å². The zero-order valence-electron chi connectivity index (χ0n) is 13.3. The van der Waals surface area contributed by atoms with E-state index in [9.17, 15) is 8.42 Å². The van der Waals surface area contributed by atoms with Gasteiger partial charge in [0.2, 0.25) is 10.0 Å². The summed E-state index contributed by atoms with van der Waals surface area (Å²) in [6.45, 7) is 5.29. The van der Waals surface area contributed by atoms with E-state index >= 15 is 0 Å². The van der Waals surface area contributed by atoms with Crippen LogP contribution < -0.4 is 5.73 Å². The molecule has 7 heteroatoms. The quantitative estimate of drug-likeness (QED) is 0.700. The standard InChI is InChI=1S/C15H26N2O3S.ClH/c1-14(2)20-11-12-21(18,19)17(10-6-9-16)13-15-7-4-3-5-8-15;/h3-5,7-8,14H,6,9-13,16H2,1-2H3;1H. The monoisotopic (exact) mass is 350 g/mol. The summed E-state index contributed by atoms with van der Waals surface area (Å²) in [6.07, 6.45) is 0.684. The van der Waals surface area contributed by atoms with Crippen LogP contribution in [0.1, 0.15) is 25.8 Å². The number of benzene rings is 1. The number of nitrogens with two attached hydrogens (primary N) is 1. The lowest BCUT2D eigenvalue weighted by atomic mass is 10.2. The van der Waals surface area contributed by atoms with E-state index in [1.165, 1.54) is 4.31 Å². The summed E-state index contributed by atoms with van der Waals surface area (Å²) in [4.78, 5) is 0. The molecule has 1 aromatic carbocycles. The summed E-state index contributed by atoms with van der Waals surface area (Å²) in [5.41, 5.74) is 6.48. The van der Waals surface area contributed by atoms with Gasteiger partial charge in [0, 0.05) is 13.1 Å². The molecule has 2 N–H and O–H groups in total. The topological polar surface area (TPSA) is 72.6 Å². The molecule has 5 nitrogen and oxygen atoms in total. The van der Waals surface area contributed by atoms with Crippen molar-refractivity contribution in [3.63, 3.8) is 0 Å². The largest absolute Gasteiger partial charge is 0.378 e. The second-order valence-corrected chi connectivity index (χ2v) is 7.29. The van der Waals surface area contributed by atoms with Gasteiger partial charge in [-0.15, -0.1) is 12.4 Å². The van der Waals surface area contributed by atoms with Crippen LogP contribution in [-0.2, 0) is 21.3 Å².